The maximum absolute atomic E-state index is 13.5. The smallest absolute Gasteiger partial charge is 0.352 e. The van der Waals surface area contributed by atoms with Crippen LogP contribution >= 0.6 is 11.6 Å². The number of nitrogens with zero attached hydrogens (tertiary/aromatic N) is 2. The number of carbonyl (C=O) groups is 2. The topological polar surface area (TPSA) is 86.8 Å². The van der Waals surface area contributed by atoms with Crippen molar-refractivity contribution in [3.05, 3.63) is 64.7 Å². The van der Waals surface area contributed by atoms with Crippen LogP contribution in [0.15, 0.2) is 48.5 Å². The third-order valence-electron chi connectivity index (χ3n) is 5.87. The van der Waals surface area contributed by atoms with Gasteiger partial charge >= 0.3 is 6.18 Å². The van der Waals surface area contributed by atoms with Crippen LogP contribution in [0, 0.1) is 0 Å². The van der Waals surface area contributed by atoms with Gasteiger partial charge < -0.3 is 10.2 Å². The van der Waals surface area contributed by atoms with Crippen LogP contribution in [0.25, 0.3) is 0 Å². The van der Waals surface area contributed by atoms with Gasteiger partial charge in [0.15, 0.2) is 0 Å². The molecule has 0 heterocycles. The predicted molar refractivity (Wildman–Crippen MR) is 138 cm³/mol. The van der Waals surface area contributed by atoms with Gasteiger partial charge in [-0.1, -0.05) is 48.9 Å². The van der Waals surface area contributed by atoms with Crippen molar-refractivity contribution in [3.8, 4) is 0 Å². The lowest BCUT2D eigenvalue weighted by Gasteiger charge is -2.32. The molecule has 0 aliphatic heterocycles. The van der Waals surface area contributed by atoms with Gasteiger partial charge in [-0.15, -0.1) is 0 Å². The molecule has 0 radical (unpaired) electrons. The number of carbonyl (C=O) groups excluding carboxylic acids is 2. The van der Waals surface area contributed by atoms with Crippen LogP contribution < -0.4 is 9.62 Å². The first-order valence-corrected chi connectivity index (χ1v) is 13.9. The van der Waals surface area contributed by atoms with E-state index in [0.717, 1.165) is 24.0 Å². The Balaban J connectivity index is 2.42. The Labute approximate surface area is 220 Å². The van der Waals surface area contributed by atoms with Crippen molar-refractivity contribution in [1.82, 2.24) is 10.2 Å². The summed E-state index contributed by atoms with van der Waals surface area (Å²) < 4.78 is 65.7. The van der Waals surface area contributed by atoms with Crippen LogP contribution in [0.5, 0.6) is 0 Å². The molecule has 12 heteroatoms. The van der Waals surface area contributed by atoms with Gasteiger partial charge in [0, 0.05) is 12.6 Å². The quantitative estimate of drug-likeness (QED) is 0.438. The molecule has 2 rings (SSSR count). The number of hydrogen-bond acceptors (Lipinski definition) is 4. The number of alkyl halides is 3. The van der Waals surface area contributed by atoms with Crippen LogP contribution in [0.2, 0.25) is 5.02 Å². The van der Waals surface area contributed by atoms with Crippen LogP contribution in [0.3, 0.4) is 0 Å². The summed E-state index contributed by atoms with van der Waals surface area (Å²) in [6.45, 7) is 4.45. The number of amides is 2. The summed E-state index contributed by atoms with van der Waals surface area (Å²) in [7, 11) is -4.23. The number of halogens is 4. The van der Waals surface area contributed by atoms with E-state index in [1.165, 1.54) is 11.8 Å². The molecule has 0 aliphatic rings. The summed E-state index contributed by atoms with van der Waals surface area (Å²) in [6, 6.07) is 10.3. The van der Waals surface area contributed by atoms with Crippen LogP contribution in [0.4, 0.5) is 18.9 Å². The molecule has 0 saturated heterocycles. The van der Waals surface area contributed by atoms with Gasteiger partial charge in [0.05, 0.1) is 22.5 Å². The van der Waals surface area contributed by atoms with E-state index in [9.17, 15) is 31.2 Å². The van der Waals surface area contributed by atoms with Crippen molar-refractivity contribution in [2.24, 2.45) is 0 Å². The van der Waals surface area contributed by atoms with Gasteiger partial charge in [0.2, 0.25) is 21.8 Å². The second-order valence-electron chi connectivity index (χ2n) is 8.75. The van der Waals surface area contributed by atoms with E-state index in [-0.39, 0.29) is 17.6 Å². The summed E-state index contributed by atoms with van der Waals surface area (Å²) in [5.74, 6) is -1.19. The van der Waals surface area contributed by atoms with E-state index in [2.05, 4.69) is 5.32 Å². The maximum Gasteiger partial charge on any atom is 0.416 e. The summed E-state index contributed by atoms with van der Waals surface area (Å²) in [5, 5.41) is 2.53. The molecule has 2 amide bonds. The summed E-state index contributed by atoms with van der Waals surface area (Å²) in [5.41, 5.74) is -0.710. The van der Waals surface area contributed by atoms with Crippen molar-refractivity contribution in [1.29, 1.82) is 0 Å². The zero-order valence-corrected chi connectivity index (χ0v) is 22.6. The van der Waals surface area contributed by atoms with Crippen molar-refractivity contribution >= 4 is 39.1 Å². The monoisotopic (exact) mass is 561 g/mol. The first-order valence-electron chi connectivity index (χ1n) is 11.6. The normalized spacial score (nSPS) is 13.5. The SMILES string of the molecule is CC[C@@H](C)NC(=O)[C@H](C)N(CCc1ccccc1)C(=O)CN(c1cc(C(F)(F)F)ccc1Cl)S(C)(=O)=O. The lowest BCUT2D eigenvalue weighted by atomic mass is 10.1. The van der Waals surface area contributed by atoms with Gasteiger partial charge in [0.25, 0.3) is 0 Å². The molecule has 7 nitrogen and oxygen atoms in total. The van der Waals surface area contributed by atoms with Gasteiger partial charge in [-0.2, -0.15) is 13.2 Å². The number of sulfonamides is 1. The lowest BCUT2D eigenvalue weighted by Crippen LogP contribution is -2.53. The standard InChI is InChI=1S/C25H31ClF3N3O4S/c1-5-17(2)30-24(34)18(3)31(14-13-19-9-7-6-8-10-19)23(33)16-32(37(4,35)36)22-15-20(25(27,28)29)11-12-21(22)26/h6-12,15,17-18H,5,13-14,16H2,1-4H3,(H,30,34)/t17-,18+/m1/s1. The molecule has 2 aromatic rings. The maximum atomic E-state index is 13.5. The second kappa shape index (κ2) is 12.6. The highest BCUT2D eigenvalue weighted by molar-refractivity contribution is 7.92. The first-order chi connectivity index (χ1) is 17.1. The van der Waals surface area contributed by atoms with Gasteiger partial charge in [0.1, 0.15) is 12.6 Å². The van der Waals surface area contributed by atoms with Gasteiger partial charge in [-0.25, -0.2) is 8.42 Å². The molecule has 0 saturated carbocycles. The lowest BCUT2D eigenvalue weighted by molar-refractivity contribution is -0.139. The van der Waals surface area contributed by atoms with Gasteiger partial charge in [-0.3, -0.25) is 13.9 Å². The zero-order chi connectivity index (χ0) is 28.0. The second-order valence-corrected chi connectivity index (χ2v) is 11.1. The minimum Gasteiger partial charge on any atom is -0.352 e. The fourth-order valence-corrected chi connectivity index (χ4v) is 4.63. The van der Waals surface area contributed by atoms with E-state index >= 15 is 0 Å². The molecule has 0 fully saturated rings. The van der Waals surface area contributed by atoms with E-state index < -0.39 is 51.9 Å². The molecule has 2 aromatic carbocycles. The van der Waals surface area contributed by atoms with Crippen molar-refractivity contribution in [2.75, 3.05) is 23.7 Å². The fraction of sp³-hybridized carbons (Fsp3) is 0.440. The Hall–Kier alpha value is -2.79. The molecule has 2 atom stereocenters. The van der Waals surface area contributed by atoms with Crippen LogP contribution in [0.1, 0.15) is 38.3 Å². The zero-order valence-electron chi connectivity index (χ0n) is 21.0. The molecule has 37 heavy (non-hydrogen) atoms. The largest absolute Gasteiger partial charge is 0.416 e. The summed E-state index contributed by atoms with van der Waals surface area (Å²) >= 11 is 6.08. The number of anilines is 1. The summed E-state index contributed by atoms with van der Waals surface area (Å²) in [6.07, 6.45) is -2.95. The van der Waals surface area contributed by atoms with Crippen molar-refractivity contribution in [2.45, 2.75) is 51.9 Å². The average Bonchev–Trinajstić information content (AvgIpc) is 2.82. The highest BCUT2D eigenvalue weighted by Crippen LogP contribution is 2.36. The fourth-order valence-electron chi connectivity index (χ4n) is 3.51. The molecule has 0 spiro atoms. The Morgan fingerprint density at radius 3 is 2.24 bits per heavy atom. The van der Waals surface area contributed by atoms with Crippen LogP contribution in [-0.2, 0) is 32.2 Å². The van der Waals surface area contributed by atoms with E-state index in [1.54, 1.807) is 0 Å². The Morgan fingerprint density at radius 2 is 1.70 bits per heavy atom. The Bertz CT molecular complexity index is 1190. The molecular formula is C25H31ClF3N3O4S. The number of rotatable bonds is 11. The molecule has 1 N–H and O–H groups in total. The number of nitrogens with one attached hydrogen (secondary N) is 1. The molecule has 0 aromatic heterocycles. The first kappa shape index (κ1) is 30.4. The molecule has 0 unspecified atom stereocenters. The van der Waals surface area contributed by atoms with E-state index in [1.807, 2.05) is 44.2 Å². The summed E-state index contributed by atoms with van der Waals surface area (Å²) in [4.78, 5) is 27.5. The van der Waals surface area contributed by atoms with Crippen molar-refractivity contribution in [3.63, 3.8) is 0 Å². The van der Waals surface area contributed by atoms with Crippen LogP contribution in [-0.4, -0.2) is 56.6 Å². The van der Waals surface area contributed by atoms with Gasteiger partial charge in [-0.05, 0) is 50.5 Å². The Morgan fingerprint density at radius 1 is 1.08 bits per heavy atom. The predicted octanol–water partition coefficient (Wildman–Crippen LogP) is 4.50. The van der Waals surface area contributed by atoms with E-state index in [0.29, 0.717) is 23.2 Å². The third-order valence-corrected chi connectivity index (χ3v) is 7.32. The molecule has 204 valence electrons. The molecule has 0 bridgehead atoms. The Kier molecular flexibility index (Phi) is 10.4. The highest BCUT2D eigenvalue weighted by atomic mass is 35.5. The molecule has 0 aliphatic carbocycles. The number of hydrogen-bond donors (Lipinski definition) is 1. The van der Waals surface area contributed by atoms with E-state index in [4.69, 9.17) is 11.6 Å². The van der Waals surface area contributed by atoms with Crippen molar-refractivity contribution < 1.29 is 31.2 Å². The minimum absolute atomic E-state index is 0.0753. The highest BCUT2D eigenvalue weighted by Gasteiger charge is 2.34. The minimum atomic E-state index is -4.75. The molecular weight excluding hydrogens is 531 g/mol. The third kappa shape index (κ3) is 8.63. The number of benzene rings is 2. The average molecular weight is 562 g/mol.